The highest BCUT2D eigenvalue weighted by Gasteiger charge is 2.30. The second-order valence-corrected chi connectivity index (χ2v) is 7.33. The lowest BCUT2D eigenvalue weighted by Gasteiger charge is -2.19. The molecule has 1 heterocycles. The van der Waals surface area contributed by atoms with Crippen molar-refractivity contribution in [3.63, 3.8) is 0 Å². The molecule has 0 fully saturated rings. The van der Waals surface area contributed by atoms with Crippen LogP contribution in [0.15, 0.2) is 30.3 Å². The van der Waals surface area contributed by atoms with Gasteiger partial charge in [-0.25, -0.2) is 9.59 Å². The molecule has 0 aliphatic rings. The van der Waals surface area contributed by atoms with Gasteiger partial charge in [-0.3, -0.25) is 4.98 Å². The van der Waals surface area contributed by atoms with Crippen molar-refractivity contribution >= 4 is 36.8 Å². The zero-order valence-corrected chi connectivity index (χ0v) is 21.5. The monoisotopic (exact) mass is 500 g/mol. The number of halogens is 2. The first-order valence-corrected chi connectivity index (χ1v) is 10.6. The van der Waals surface area contributed by atoms with Gasteiger partial charge in [0.25, 0.3) is 0 Å². The van der Waals surface area contributed by atoms with Gasteiger partial charge in [0.1, 0.15) is 5.56 Å². The maximum atomic E-state index is 12.9. The molecule has 9 heteroatoms. The predicted octanol–water partition coefficient (Wildman–Crippen LogP) is 4.51. The summed E-state index contributed by atoms with van der Waals surface area (Å²) in [7, 11) is 3.96. The van der Waals surface area contributed by atoms with Crippen LogP contribution >= 0.6 is 24.8 Å². The van der Waals surface area contributed by atoms with Crippen LogP contribution in [-0.2, 0) is 15.9 Å². The van der Waals surface area contributed by atoms with Crippen LogP contribution in [0.3, 0.4) is 0 Å². The Morgan fingerprint density at radius 2 is 1.52 bits per heavy atom. The Bertz CT molecular complexity index is 892. The van der Waals surface area contributed by atoms with Crippen LogP contribution in [0.25, 0.3) is 0 Å². The number of esters is 2. The summed E-state index contributed by atoms with van der Waals surface area (Å²) in [6.07, 6.45) is 1.14. The van der Waals surface area contributed by atoms with E-state index in [-0.39, 0.29) is 54.9 Å². The second kappa shape index (κ2) is 15.5. The van der Waals surface area contributed by atoms with Crippen LogP contribution in [0.1, 0.15) is 57.9 Å². The van der Waals surface area contributed by atoms with Crippen LogP contribution in [-0.4, -0.2) is 62.3 Å². The Balaban J connectivity index is 0.00000512. The minimum absolute atomic E-state index is 0. The number of hydrogen-bond donors (Lipinski definition) is 0. The average molecular weight is 501 g/mol. The SMILES string of the molecule is CCOC(=O)c1c(Cc2ccccc2)nc(C)c(OCCCN(C)C)c1C(=O)OCC.Cl.Cl. The minimum atomic E-state index is -0.618. The number of hydrogen-bond acceptors (Lipinski definition) is 7. The second-order valence-electron chi connectivity index (χ2n) is 7.33. The van der Waals surface area contributed by atoms with E-state index in [1.807, 2.05) is 49.3 Å². The van der Waals surface area contributed by atoms with E-state index in [4.69, 9.17) is 14.2 Å². The van der Waals surface area contributed by atoms with Gasteiger partial charge in [-0.1, -0.05) is 30.3 Å². The van der Waals surface area contributed by atoms with Crippen LogP contribution in [0.5, 0.6) is 5.75 Å². The summed E-state index contributed by atoms with van der Waals surface area (Å²) in [5, 5.41) is 0. The fourth-order valence-electron chi connectivity index (χ4n) is 3.22. The van der Waals surface area contributed by atoms with E-state index < -0.39 is 11.9 Å². The topological polar surface area (TPSA) is 78.0 Å². The highest BCUT2D eigenvalue weighted by atomic mass is 35.5. The molecule has 0 radical (unpaired) electrons. The molecule has 0 atom stereocenters. The van der Waals surface area contributed by atoms with Crippen molar-refractivity contribution in [2.75, 3.05) is 40.5 Å². The van der Waals surface area contributed by atoms with Gasteiger partial charge >= 0.3 is 11.9 Å². The molecule has 0 aliphatic heterocycles. The average Bonchev–Trinajstić information content (AvgIpc) is 2.72. The van der Waals surface area contributed by atoms with Crippen LogP contribution in [0.2, 0.25) is 0 Å². The summed E-state index contributed by atoms with van der Waals surface area (Å²) in [5.74, 6) is -0.952. The van der Waals surface area contributed by atoms with Crippen LogP contribution in [0, 0.1) is 6.92 Å². The summed E-state index contributed by atoms with van der Waals surface area (Å²) in [4.78, 5) is 32.6. The summed E-state index contributed by atoms with van der Waals surface area (Å²) >= 11 is 0. The molecule has 184 valence electrons. The van der Waals surface area contributed by atoms with E-state index in [0.29, 0.717) is 24.4 Å². The van der Waals surface area contributed by atoms with Crippen molar-refractivity contribution in [3.8, 4) is 5.75 Å². The fraction of sp³-hybridized carbons (Fsp3) is 0.458. The third kappa shape index (κ3) is 8.84. The molecular weight excluding hydrogens is 467 g/mol. The highest BCUT2D eigenvalue weighted by molar-refractivity contribution is 6.06. The van der Waals surface area contributed by atoms with Gasteiger partial charge in [-0.05, 0) is 46.9 Å². The van der Waals surface area contributed by atoms with E-state index in [9.17, 15) is 9.59 Å². The summed E-state index contributed by atoms with van der Waals surface area (Å²) < 4.78 is 16.5. The van der Waals surface area contributed by atoms with Gasteiger partial charge in [0.15, 0.2) is 5.75 Å². The molecule has 0 aliphatic carbocycles. The number of pyridine rings is 1. The first kappa shape index (κ1) is 30.6. The highest BCUT2D eigenvalue weighted by Crippen LogP contribution is 2.31. The normalized spacial score (nSPS) is 10.1. The van der Waals surface area contributed by atoms with E-state index in [0.717, 1.165) is 18.5 Å². The maximum Gasteiger partial charge on any atom is 0.342 e. The molecule has 0 N–H and O–H groups in total. The first-order valence-electron chi connectivity index (χ1n) is 10.6. The van der Waals surface area contributed by atoms with E-state index in [2.05, 4.69) is 4.98 Å². The van der Waals surface area contributed by atoms with Crippen molar-refractivity contribution in [3.05, 3.63) is 58.4 Å². The molecule has 0 bridgehead atoms. The number of rotatable bonds is 11. The van der Waals surface area contributed by atoms with Gasteiger partial charge in [-0.2, -0.15) is 0 Å². The molecule has 0 spiro atoms. The Morgan fingerprint density at radius 3 is 2.06 bits per heavy atom. The molecule has 33 heavy (non-hydrogen) atoms. The minimum Gasteiger partial charge on any atom is -0.491 e. The molecule has 1 aromatic heterocycles. The fourth-order valence-corrected chi connectivity index (χ4v) is 3.22. The number of ether oxygens (including phenoxy) is 3. The third-order valence-corrected chi connectivity index (χ3v) is 4.57. The zero-order chi connectivity index (χ0) is 22.8. The number of aromatic nitrogens is 1. The first-order chi connectivity index (χ1) is 14.9. The lowest BCUT2D eigenvalue weighted by molar-refractivity contribution is 0.0472. The standard InChI is InChI=1S/C24H32N2O5.2ClH/c1-6-29-23(27)20-19(16-18-12-9-8-10-13-18)25-17(3)22(21(20)24(28)30-7-2)31-15-11-14-26(4)5;;/h8-10,12-13H,6-7,11,14-16H2,1-5H3;2*1H. The van der Waals surface area contributed by atoms with E-state index in [1.165, 1.54) is 0 Å². The van der Waals surface area contributed by atoms with Crippen molar-refractivity contribution in [1.29, 1.82) is 0 Å². The quantitative estimate of drug-likeness (QED) is 0.331. The molecule has 1 aromatic carbocycles. The number of carbonyl (C=O) groups is 2. The number of benzene rings is 1. The Labute approximate surface area is 208 Å². The third-order valence-electron chi connectivity index (χ3n) is 4.57. The lowest BCUT2D eigenvalue weighted by atomic mass is 9.98. The summed E-state index contributed by atoms with van der Waals surface area (Å²) in [6, 6.07) is 9.65. The van der Waals surface area contributed by atoms with Crippen molar-refractivity contribution in [2.45, 2.75) is 33.6 Å². The number of nitrogens with zero attached hydrogens (tertiary/aromatic N) is 2. The van der Waals surface area contributed by atoms with Crippen LogP contribution in [0.4, 0.5) is 0 Å². The molecule has 7 nitrogen and oxygen atoms in total. The van der Waals surface area contributed by atoms with Gasteiger partial charge in [0, 0.05) is 13.0 Å². The Hall–Kier alpha value is -2.35. The molecule has 2 rings (SSSR count). The van der Waals surface area contributed by atoms with Crippen molar-refractivity contribution < 1.29 is 23.8 Å². The summed E-state index contributed by atoms with van der Waals surface area (Å²) in [5.41, 5.74) is 2.16. The maximum absolute atomic E-state index is 12.9. The molecule has 2 aromatic rings. The van der Waals surface area contributed by atoms with Gasteiger partial charge in [-0.15, -0.1) is 24.8 Å². The molecule has 0 saturated carbocycles. The van der Waals surface area contributed by atoms with Crippen molar-refractivity contribution in [1.82, 2.24) is 9.88 Å². The molecule has 0 amide bonds. The zero-order valence-electron chi connectivity index (χ0n) is 19.9. The molecule has 0 unspecified atom stereocenters. The molecule has 0 saturated heterocycles. The van der Waals surface area contributed by atoms with E-state index >= 15 is 0 Å². The number of carbonyl (C=O) groups excluding carboxylic acids is 2. The largest absolute Gasteiger partial charge is 0.491 e. The van der Waals surface area contributed by atoms with E-state index in [1.54, 1.807) is 20.8 Å². The molecular formula is C24H34Cl2N2O5. The summed E-state index contributed by atoms with van der Waals surface area (Å²) in [6.45, 7) is 6.78. The van der Waals surface area contributed by atoms with Gasteiger partial charge in [0.2, 0.25) is 0 Å². The predicted molar refractivity (Wildman–Crippen MR) is 133 cm³/mol. The van der Waals surface area contributed by atoms with Crippen LogP contribution < -0.4 is 4.74 Å². The Kier molecular flexibility index (Phi) is 14.4. The van der Waals surface area contributed by atoms with Crippen molar-refractivity contribution in [2.24, 2.45) is 0 Å². The van der Waals surface area contributed by atoms with Gasteiger partial charge in [0.05, 0.1) is 36.8 Å². The smallest absolute Gasteiger partial charge is 0.342 e. The Morgan fingerprint density at radius 1 is 0.939 bits per heavy atom. The lowest BCUT2D eigenvalue weighted by Crippen LogP contribution is -2.22. The number of aryl methyl sites for hydroxylation is 1. The van der Waals surface area contributed by atoms with Gasteiger partial charge < -0.3 is 19.1 Å².